The first-order valence-electron chi connectivity index (χ1n) is 16.5. The lowest BCUT2D eigenvalue weighted by atomic mass is 9.86. The lowest BCUT2D eigenvalue weighted by Crippen LogP contribution is -2.36. The summed E-state index contributed by atoms with van der Waals surface area (Å²) >= 11 is 0. The Morgan fingerprint density at radius 2 is 1.71 bits per heavy atom. The van der Waals surface area contributed by atoms with Gasteiger partial charge >= 0.3 is 5.97 Å². The third-order valence-electron chi connectivity index (χ3n) is 8.45. The van der Waals surface area contributed by atoms with Crippen LogP contribution in [0.5, 0.6) is 17.2 Å². The molecule has 6 rings (SSSR count). The van der Waals surface area contributed by atoms with Crippen molar-refractivity contribution in [3.05, 3.63) is 83.0 Å². The van der Waals surface area contributed by atoms with E-state index < -0.39 is 18.5 Å². The van der Waals surface area contributed by atoms with E-state index in [0.717, 1.165) is 59.8 Å². The van der Waals surface area contributed by atoms with Crippen LogP contribution in [0.1, 0.15) is 53.9 Å². The molecule has 0 spiro atoms. The van der Waals surface area contributed by atoms with Crippen molar-refractivity contribution in [2.24, 2.45) is 0 Å². The molecule has 250 valence electrons. The molecule has 48 heavy (non-hydrogen) atoms. The maximum absolute atomic E-state index is 13.8. The monoisotopic (exact) mass is 651 g/mol. The molecule has 0 bridgehead atoms. The van der Waals surface area contributed by atoms with Crippen LogP contribution < -0.4 is 24.4 Å². The number of carbonyl (C=O) groups is 2. The van der Waals surface area contributed by atoms with E-state index >= 15 is 0 Å². The molecule has 3 aromatic carbocycles. The number of esters is 1. The third-order valence-corrected chi connectivity index (χ3v) is 8.45. The molecule has 4 aromatic rings. The molecule has 1 aliphatic carbocycles. The average molecular weight is 652 g/mol. The van der Waals surface area contributed by atoms with Gasteiger partial charge in [-0.05, 0) is 74.1 Å². The molecule has 2 aliphatic rings. The molecule has 0 unspecified atom stereocenters. The van der Waals surface area contributed by atoms with Crippen LogP contribution in [0, 0.1) is 0 Å². The average Bonchev–Trinajstić information content (AvgIpc) is 3.11. The van der Waals surface area contributed by atoms with Gasteiger partial charge < -0.3 is 33.9 Å². The number of ether oxygens (including phenoxy) is 5. The Labute approximate surface area is 280 Å². The number of rotatable bonds is 11. The number of para-hydroxylation sites is 1. The summed E-state index contributed by atoms with van der Waals surface area (Å²) in [5, 5.41) is 3.58. The fourth-order valence-electron chi connectivity index (χ4n) is 6.24. The van der Waals surface area contributed by atoms with Gasteiger partial charge in [0.15, 0.2) is 6.61 Å². The van der Waals surface area contributed by atoms with Crippen LogP contribution >= 0.6 is 0 Å². The van der Waals surface area contributed by atoms with E-state index in [9.17, 15) is 9.59 Å². The van der Waals surface area contributed by atoms with Crippen molar-refractivity contribution in [2.75, 3.05) is 63.5 Å². The molecular formula is C38H41N3O7. The Bertz CT molecular complexity index is 1810. The number of nitrogens with one attached hydrogen (secondary N) is 1. The minimum absolute atomic E-state index is 0.406. The molecule has 1 fully saturated rings. The number of hydrogen-bond donors (Lipinski definition) is 1. The summed E-state index contributed by atoms with van der Waals surface area (Å²) in [7, 11) is 1.64. The number of carbonyl (C=O) groups excluding carboxylic acids is 2. The second kappa shape index (κ2) is 15.2. The van der Waals surface area contributed by atoms with Crippen LogP contribution in [0.2, 0.25) is 0 Å². The maximum Gasteiger partial charge on any atom is 0.339 e. The lowest BCUT2D eigenvalue weighted by molar-refractivity contribution is -0.119. The largest absolute Gasteiger partial charge is 0.497 e. The fourth-order valence-corrected chi connectivity index (χ4v) is 6.24. The highest BCUT2D eigenvalue weighted by Crippen LogP contribution is 2.40. The van der Waals surface area contributed by atoms with Gasteiger partial charge in [0.1, 0.15) is 17.2 Å². The number of morpholine rings is 1. The van der Waals surface area contributed by atoms with Gasteiger partial charge in [0.25, 0.3) is 5.91 Å². The van der Waals surface area contributed by atoms with Gasteiger partial charge in [-0.25, -0.2) is 9.78 Å². The van der Waals surface area contributed by atoms with Crippen molar-refractivity contribution in [3.63, 3.8) is 0 Å². The van der Waals surface area contributed by atoms with Gasteiger partial charge in [0.2, 0.25) is 0 Å². The van der Waals surface area contributed by atoms with Gasteiger partial charge in [0.05, 0.1) is 61.7 Å². The lowest BCUT2D eigenvalue weighted by Gasteiger charge is -2.31. The second-order valence-corrected chi connectivity index (χ2v) is 11.5. The predicted molar refractivity (Wildman–Crippen MR) is 186 cm³/mol. The van der Waals surface area contributed by atoms with E-state index in [1.54, 1.807) is 13.2 Å². The normalized spacial score (nSPS) is 15.1. The third kappa shape index (κ3) is 7.23. The number of nitrogens with zero attached hydrogens (tertiary/aromatic N) is 2. The number of amides is 1. The molecule has 10 heteroatoms. The van der Waals surface area contributed by atoms with Crippen LogP contribution in [0.3, 0.4) is 0 Å². The molecule has 0 atom stereocenters. The topological polar surface area (TPSA) is 108 Å². The summed E-state index contributed by atoms with van der Waals surface area (Å²) in [5.41, 5.74) is 6.16. The SMILES string of the molecule is CCOc1cc(N2CCOCC2)c(OCC)cc1NC(=O)COC(=O)c1c2c(nc3ccccc13)C(=Cc1ccc(OC)cc1)CCC2. The number of pyridine rings is 1. The minimum Gasteiger partial charge on any atom is -0.497 e. The number of aromatic nitrogens is 1. The van der Waals surface area contributed by atoms with Crippen molar-refractivity contribution in [1.82, 2.24) is 4.98 Å². The summed E-state index contributed by atoms with van der Waals surface area (Å²) in [6, 6.07) is 19.0. The Morgan fingerprint density at radius 3 is 2.46 bits per heavy atom. The summed E-state index contributed by atoms with van der Waals surface area (Å²) in [4.78, 5) is 34.3. The molecule has 0 saturated carbocycles. The predicted octanol–water partition coefficient (Wildman–Crippen LogP) is 6.55. The zero-order chi connectivity index (χ0) is 33.5. The van der Waals surface area contributed by atoms with Crippen molar-refractivity contribution < 1.29 is 33.3 Å². The maximum atomic E-state index is 13.8. The van der Waals surface area contributed by atoms with Crippen molar-refractivity contribution in [2.45, 2.75) is 33.1 Å². The number of benzene rings is 3. The number of methoxy groups -OCH3 is 1. The minimum atomic E-state index is -0.562. The molecule has 1 amide bonds. The van der Waals surface area contributed by atoms with E-state index in [1.165, 1.54) is 0 Å². The van der Waals surface area contributed by atoms with Crippen LogP contribution in [0.25, 0.3) is 22.6 Å². The smallest absolute Gasteiger partial charge is 0.339 e. The van der Waals surface area contributed by atoms with Crippen LogP contribution in [0.15, 0.2) is 60.7 Å². The Balaban J connectivity index is 1.25. The summed E-state index contributed by atoms with van der Waals surface area (Å²) in [6.45, 7) is 6.87. The Hall–Kier alpha value is -5.09. The van der Waals surface area contributed by atoms with E-state index in [1.807, 2.05) is 68.4 Å². The number of hydrogen-bond acceptors (Lipinski definition) is 9. The first-order chi connectivity index (χ1) is 23.5. The standard InChI is InChI=1S/C38H41N3O7/c1-4-46-33-23-32(41-17-19-45-20-18-41)34(47-5-2)22-31(33)39-35(42)24-48-38(43)36-28-10-6-7-12-30(28)40-37-26(9-8-11-29(36)37)21-25-13-15-27(44-3)16-14-25/h6-7,10,12-16,21-23H,4-5,8-9,11,17-20,24H2,1-3H3,(H,39,42). The van der Waals surface area contributed by atoms with Gasteiger partial charge in [-0.3, -0.25) is 4.79 Å². The van der Waals surface area contributed by atoms with E-state index in [0.29, 0.717) is 66.5 Å². The fraction of sp³-hybridized carbons (Fsp3) is 0.342. The van der Waals surface area contributed by atoms with Crippen LogP contribution in [0.4, 0.5) is 11.4 Å². The quantitative estimate of drug-likeness (QED) is 0.181. The van der Waals surface area contributed by atoms with Crippen molar-refractivity contribution >= 4 is 45.8 Å². The second-order valence-electron chi connectivity index (χ2n) is 11.5. The van der Waals surface area contributed by atoms with E-state index in [-0.39, 0.29) is 0 Å². The van der Waals surface area contributed by atoms with Crippen LogP contribution in [-0.4, -0.2) is 70.1 Å². The Kier molecular flexibility index (Phi) is 10.4. The zero-order valence-electron chi connectivity index (χ0n) is 27.7. The number of fused-ring (bicyclic) bond motifs is 2. The van der Waals surface area contributed by atoms with Gasteiger partial charge in [-0.15, -0.1) is 0 Å². The molecule has 1 N–H and O–H groups in total. The number of allylic oxidation sites excluding steroid dienone is 1. The van der Waals surface area contributed by atoms with E-state index in [4.69, 9.17) is 28.7 Å². The highest BCUT2D eigenvalue weighted by atomic mass is 16.5. The summed E-state index contributed by atoms with van der Waals surface area (Å²) < 4.78 is 28.4. The molecule has 1 aliphatic heterocycles. The molecule has 10 nitrogen and oxygen atoms in total. The summed E-state index contributed by atoms with van der Waals surface area (Å²) in [6.07, 6.45) is 4.48. The van der Waals surface area contributed by atoms with Crippen molar-refractivity contribution in [3.8, 4) is 17.2 Å². The zero-order valence-corrected chi connectivity index (χ0v) is 27.7. The highest BCUT2D eigenvalue weighted by Gasteiger charge is 2.27. The van der Waals surface area contributed by atoms with Gasteiger partial charge in [-0.2, -0.15) is 0 Å². The first-order valence-corrected chi connectivity index (χ1v) is 16.5. The molecular weight excluding hydrogens is 610 g/mol. The van der Waals surface area contributed by atoms with Gasteiger partial charge in [-0.1, -0.05) is 30.3 Å². The molecule has 0 radical (unpaired) electrons. The molecule has 1 aromatic heterocycles. The number of anilines is 2. The van der Waals surface area contributed by atoms with Gasteiger partial charge in [0, 0.05) is 30.6 Å². The molecule has 1 saturated heterocycles. The van der Waals surface area contributed by atoms with Crippen molar-refractivity contribution in [1.29, 1.82) is 0 Å². The Morgan fingerprint density at radius 1 is 0.958 bits per heavy atom. The first kappa shape index (κ1) is 32.8. The van der Waals surface area contributed by atoms with Crippen LogP contribution in [-0.2, 0) is 20.7 Å². The molecule has 2 heterocycles. The highest BCUT2D eigenvalue weighted by molar-refractivity contribution is 6.07. The summed E-state index contributed by atoms with van der Waals surface area (Å²) in [5.74, 6) is 0.871. The van der Waals surface area contributed by atoms with E-state index in [2.05, 4.69) is 16.3 Å².